The minimum Gasteiger partial charge on any atom is -0.309 e. The van der Waals surface area contributed by atoms with E-state index in [4.69, 9.17) is 15.0 Å². The molecule has 0 amide bonds. The fourth-order valence-corrected chi connectivity index (χ4v) is 8.04. The molecule has 0 radical (unpaired) electrons. The quantitative estimate of drug-likeness (QED) is 0.184. The molecule has 9 aromatic rings. The molecular weight excluding hydrogens is 633 g/mol. The summed E-state index contributed by atoms with van der Waals surface area (Å²) in [5, 5.41) is 2.40. The van der Waals surface area contributed by atoms with Gasteiger partial charge in [-0.1, -0.05) is 153 Å². The molecular formula is C48H34N4. The molecule has 0 N–H and O–H groups in total. The second-order valence-electron chi connectivity index (χ2n) is 14.1. The highest BCUT2D eigenvalue weighted by molar-refractivity contribution is 6.10. The first kappa shape index (κ1) is 30.2. The van der Waals surface area contributed by atoms with Crippen molar-refractivity contribution in [1.82, 2.24) is 19.5 Å². The summed E-state index contributed by atoms with van der Waals surface area (Å²) in [4.78, 5) is 15.3. The maximum Gasteiger partial charge on any atom is 0.164 e. The lowest BCUT2D eigenvalue weighted by Crippen LogP contribution is -2.15. The van der Waals surface area contributed by atoms with Gasteiger partial charge >= 0.3 is 0 Å². The topological polar surface area (TPSA) is 43.6 Å². The number of hydrogen-bond donors (Lipinski definition) is 0. The molecule has 2 aromatic heterocycles. The number of rotatable bonds is 5. The summed E-state index contributed by atoms with van der Waals surface area (Å²) >= 11 is 0. The average Bonchev–Trinajstić information content (AvgIpc) is 3.66. The van der Waals surface area contributed by atoms with Crippen molar-refractivity contribution in [1.29, 1.82) is 0 Å². The first-order chi connectivity index (χ1) is 25.5. The summed E-state index contributed by atoms with van der Waals surface area (Å²) in [5.74, 6) is 1.92. The Labute approximate surface area is 302 Å². The molecule has 0 unspecified atom stereocenters. The molecule has 0 bridgehead atoms. The fraction of sp³-hybridized carbons (Fsp3) is 0.0625. The lowest BCUT2D eigenvalue weighted by atomic mass is 9.82. The number of aromatic nitrogens is 4. The van der Waals surface area contributed by atoms with Gasteiger partial charge in [0.1, 0.15) is 0 Å². The summed E-state index contributed by atoms with van der Waals surface area (Å²) in [6, 6.07) is 60.1. The van der Waals surface area contributed by atoms with Gasteiger partial charge in [0.25, 0.3) is 0 Å². The molecule has 1 aliphatic rings. The van der Waals surface area contributed by atoms with Crippen LogP contribution in [-0.2, 0) is 5.41 Å². The van der Waals surface area contributed by atoms with E-state index in [1.165, 1.54) is 38.5 Å². The molecule has 7 aromatic carbocycles. The molecule has 0 saturated heterocycles. The van der Waals surface area contributed by atoms with E-state index in [0.29, 0.717) is 17.5 Å². The highest BCUT2D eigenvalue weighted by Crippen LogP contribution is 2.49. The third kappa shape index (κ3) is 4.79. The van der Waals surface area contributed by atoms with Crippen LogP contribution < -0.4 is 0 Å². The lowest BCUT2D eigenvalue weighted by molar-refractivity contribution is 0.660. The van der Waals surface area contributed by atoms with Crippen LogP contribution in [-0.4, -0.2) is 19.5 Å². The average molecular weight is 667 g/mol. The molecule has 4 nitrogen and oxygen atoms in total. The zero-order chi connectivity index (χ0) is 34.8. The van der Waals surface area contributed by atoms with E-state index in [1.807, 2.05) is 24.3 Å². The molecule has 10 rings (SSSR count). The molecule has 4 heteroatoms. The fourth-order valence-electron chi connectivity index (χ4n) is 8.04. The zero-order valence-electron chi connectivity index (χ0n) is 29.0. The van der Waals surface area contributed by atoms with E-state index in [-0.39, 0.29) is 5.41 Å². The Morgan fingerprint density at radius 1 is 0.385 bits per heavy atom. The molecule has 0 fully saturated rings. The molecule has 246 valence electrons. The van der Waals surface area contributed by atoms with E-state index in [1.54, 1.807) is 0 Å². The second-order valence-corrected chi connectivity index (χ2v) is 14.1. The van der Waals surface area contributed by atoms with Crippen molar-refractivity contribution in [2.75, 3.05) is 0 Å². The Bertz CT molecular complexity index is 2810. The third-order valence-corrected chi connectivity index (χ3v) is 10.7. The van der Waals surface area contributed by atoms with Crippen LogP contribution in [0.3, 0.4) is 0 Å². The Balaban J connectivity index is 1.17. The van der Waals surface area contributed by atoms with E-state index >= 15 is 0 Å². The number of fused-ring (bicyclic) bond motifs is 6. The molecule has 2 heterocycles. The standard InChI is InChI=1S/C48H34N4/c1-48(2)41-22-11-9-20-37(41)38-27-25-36(30-42(38)48)52-43-23-12-10-21-39(43)40-26-24-35(29-44(40)52)47-50-45(32-16-7-4-8-17-32)49-46(51-47)34-19-13-18-33(28-34)31-14-5-3-6-15-31/h3-30H,1-2H3. The zero-order valence-corrected chi connectivity index (χ0v) is 29.0. The lowest BCUT2D eigenvalue weighted by Gasteiger charge is -2.22. The number of nitrogens with zero attached hydrogens (tertiary/aromatic N) is 4. The van der Waals surface area contributed by atoms with E-state index in [9.17, 15) is 0 Å². The second kappa shape index (κ2) is 11.7. The van der Waals surface area contributed by atoms with E-state index in [2.05, 4.69) is 164 Å². The highest BCUT2D eigenvalue weighted by Gasteiger charge is 2.35. The van der Waals surface area contributed by atoms with Gasteiger partial charge in [-0.15, -0.1) is 0 Å². The minimum atomic E-state index is -0.0984. The number of benzene rings is 7. The van der Waals surface area contributed by atoms with Crippen LogP contribution >= 0.6 is 0 Å². The van der Waals surface area contributed by atoms with Gasteiger partial charge in [0, 0.05) is 38.6 Å². The smallest absolute Gasteiger partial charge is 0.164 e. The Morgan fingerprint density at radius 3 is 1.75 bits per heavy atom. The summed E-state index contributed by atoms with van der Waals surface area (Å²) in [6.45, 7) is 4.67. The van der Waals surface area contributed by atoms with Gasteiger partial charge in [-0.2, -0.15) is 0 Å². The number of hydrogen-bond acceptors (Lipinski definition) is 3. The largest absolute Gasteiger partial charge is 0.309 e. The van der Waals surface area contributed by atoms with Crippen molar-refractivity contribution >= 4 is 21.8 Å². The Kier molecular flexibility index (Phi) is 6.80. The first-order valence-corrected chi connectivity index (χ1v) is 17.8. The third-order valence-electron chi connectivity index (χ3n) is 10.7. The van der Waals surface area contributed by atoms with Gasteiger partial charge in [-0.3, -0.25) is 0 Å². The highest BCUT2D eigenvalue weighted by atomic mass is 15.0. The maximum absolute atomic E-state index is 5.16. The van der Waals surface area contributed by atoms with E-state index < -0.39 is 0 Å². The predicted molar refractivity (Wildman–Crippen MR) is 213 cm³/mol. The molecule has 0 spiro atoms. The minimum absolute atomic E-state index is 0.0984. The molecule has 0 aliphatic heterocycles. The van der Waals surface area contributed by atoms with Crippen LogP contribution in [0.5, 0.6) is 0 Å². The van der Waals surface area contributed by atoms with Gasteiger partial charge in [0.15, 0.2) is 17.5 Å². The van der Waals surface area contributed by atoms with Crippen molar-refractivity contribution in [2.45, 2.75) is 19.3 Å². The molecule has 1 aliphatic carbocycles. The predicted octanol–water partition coefficient (Wildman–Crippen LogP) is 11.9. The monoisotopic (exact) mass is 666 g/mol. The van der Waals surface area contributed by atoms with Crippen LogP contribution in [0.4, 0.5) is 0 Å². The first-order valence-electron chi connectivity index (χ1n) is 17.8. The maximum atomic E-state index is 5.16. The van der Waals surface area contributed by atoms with Gasteiger partial charge < -0.3 is 4.57 Å². The number of para-hydroxylation sites is 1. The molecule has 52 heavy (non-hydrogen) atoms. The van der Waals surface area contributed by atoms with Crippen LogP contribution in [0.1, 0.15) is 25.0 Å². The summed E-state index contributed by atoms with van der Waals surface area (Å²) in [7, 11) is 0. The molecule has 0 atom stereocenters. The van der Waals surface area contributed by atoms with Gasteiger partial charge in [0.05, 0.1) is 11.0 Å². The van der Waals surface area contributed by atoms with Crippen molar-refractivity contribution in [3.63, 3.8) is 0 Å². The van der Waals surface area contributed by atoms with Gasteiger partial charge in [-0.25, -0.2) is 15.0 Å². The van der Waals surface area contributed by atoms with Crippen molar-refractivity contribution in [2.24, 2.45) is 0 Å². The van der Waals surface area contributed by atoms with Crippen molar-refractivity contribution in [3.8, 4) is 62.1 Å². The Hall–Kier alpha value is -6.65. The SMILES string of the molecule is CC1(C)c2ccccc2-c2ccc(-n3c4ccccc4c4ccc(-c5nc(-c6ccccc6)nc(-c6cccc(-c7ccccc7)c6)n5)cc43)cc21. The normalized spacial score (nSPS) is 13.0. The summed E-state index contributed by atoms with van der Waals surface area (Å²) in [5.41, 5.74) is 13.8. The van der Waals surface area contributed by atoms with Crippen LogP contribution in [0, 0.1) is 0 Å². The van der Waals surface area contributed by atoms with Gasteiger partial charge in [0.2, 0.25) is 0 Å². The van der Waals surface area contributed by atoms with Crippen LogP contribution in [0.25, 0.3) is 83.9 Å². The van der Waals surface area contributed by atoms with Crippen molar-refractivity contribution in [3.05, 3.63) is 181 Å². The van der Waals surface area contributed by atoms with Crippen LogP contribution in [0.15, 0.2) is 170 Å². The van der Waals surface area contributed by atoms with Crippen LogP contribution in [0.2, 0.25) is 0 Å². The van der Waals surface area contributed by atoms with Gasteiger partial charge in [-0.05, 0) is 63.7 Å². The molecule has 0 saturated carbocycles. The van der Waals surface area contributed by atoms with E-state index in [0.717, 1.165) is 39.0 Å². The Morgan fingerprint density at radius 2 is 0.962 bits per heavy atom. The summed E-state index contributed by atoms with van der Waals surface area (Å²) < 4.78 is 2.40. The van der Waals surface area contributed by atoms with Crippen molar-refractivity contribution < 1.29 is 0 Å². The summed E-state index contributed by atoms with van der Waals surface area (Å²) in [6.07, 6.45) is 0.